The zero-order valence-corrected chi connectivity index (χ0v) is 11.1. The predicted octanol–water partition coefficient (Wildman–Crippen LogP) is 2.97. The van der Waals surface area contributed by atoms with Crippen LogP contribution < -0.4 is 5.73 Å². The summed E-state index contributed by atoms with van der Waals surface area (Å²) in [4.78, 5) is 12.5. The first-order valence-corrected chi connectivity index (χ1v) is 6.67. The minimum absolute atomic E-state index is 0.152. The van der Waals surface area contributed by atoms with E-state index in [9.17, 15) is 4.79 Å². The molecule has 0 saturated heterocycles. The van der Waals surface area contributed by atoms with Gasteiger partial charge in [-0.05, 0) is 37.0 Å². The molecule has 0 spiro atoms. The van der Waals surface area contributed by atoms with Crippen molar-refractivity contribution < 1.29 is 9.53 Å². The number of halogens is 1. The topological polar surface area (TPSA) is 52.3 Å². The number of hydrogen-bond acceptors (Lipinski definition) is 4. The highest BCUT2D eigenvalue weighted by molar-refractivity contribution is 8.00. The Morgan fingerprint density at radius 2 is 2.29 bits per heavy atom. The summed E-state index contributed by atoms with van der Waals surface area (Å²) in [6, 6.07) is 5.33. The Morgan fingerprint density at radius 3 is 2.82 bits per heavy atom. The van der Waals surface area contributed by atoms with Crippen molar-refractivity contribution in [2.45, 2.75) is 23.0 Å². The molecular formula is C12H14ClNO2S. The zero-order valence-electron chi connectivity index (χ0n) is 9.48. The monoisotopic (exact) mass is 271 g/mol. The molecule has 17 heavy (non-hydrogen) atoms. The summed E-state index contributed by atoms with van der Waals surface area (Å²) in [5, 5.41) is 0.436. The van der Waals surface area contributed by atoms with Gasteiger partial charge in [-0.1, -0.05) is 11.6 Å². The predicted molar refractivity (Wildman–Crippen MR) is 70.2 cm³/mol. The van der Waals surface area contributed by atoms with Crippen molar-refractivity contribution in [1.82, 2.24) is 0 Å². The van der Waals surface area contributed by atoms with Gasteiger partial charge in [0.1, 0.15) is 5.25 Å². The number of rotatable bonds is 4. The zero-order chi connectivity index (χ0) is 12.4. The van der Waals surface area contributed by atoms with E-state index in [1.54, 1.807) is 12.1 Å². The fraction of sp³-hybridized carbons (Fsp3) is 0.417. The number of nitrogen functional groups attached to an aromatic ring is 1. The quantitative estimate of drug-likeness (QED) is 0.520. The standard InChI is InChI=1S/C12H14ClNO2S/c1-16-12(15)11(7-2-3-7)17-10-5-4-8(14)6-9(10)13/h4-7,11H,2-3,14H2,1H3. The Bertz CT molecular complexity index is 435. The van der Waals surface area contributed by atoms with Crippen LogP contribution >= 0.6 is 23.4 Å². The number of methoxy groups -OCH3 is 1. The maximum atomic E-state index is 11.7. The first kappa shape index (κ1) is 12.6. The lowest BCUT2D eigenvalue weighted by atomic mass is 10.3. The lowest BCUT2D eigenvalue weighted by Crippen LogP contribution is -2.20. The van der Waals surface area contributed by atoms with Crippen LogP contribution in [-0.2, 0) is 9.53 Å². The average Bonchev–Trinajstić information content (AvgIpc) is 3.11. The Balaban J connectivity index is 2.14. The third kappa shape index (κ3) is 3.07. The number of carbonyl (C=O) groups is 1. The molecule has 3 nitrogen and oxygen atoms in total. The van der Waals surface area contributed by atoms with Gasteiger partial charge in [0, 0.05) is 10.6 Å². The Hall–Kier alpha value is -0.870. The Morgan fingerprint density at radius 1 is 1.59 bits per heavy atom. The average molecular weight is 272 g/mol. The number of ether oxygens (including phenoxy) is 1. The smallest absolute Gasteiger partial charge is 0.319 e. The number of thioether (sulfide) groups is 1. The van der Waals surface area contributed by atoms with Crippen LogP contribution in [-0.4, -0.2) is 18.3 Å². The van der Waals surface area contributed by atoms with Gasteiger partial charge in [-0.15, -0.1) is 11.8 Å². The van der Waals surface area contributed by atoms with Crippen LogP contribution in [0.25, 0.3) is 0 Å². The molecule has 5 heteroatoms. The van der Waals surface area contributed by atoms with E-state index in [2.05, 4.69) is 0 Å². The highest BCUT2D eigenvalue weighted by Crippen LogP contribution is 2.44. The highest BCUT2D eigenvalue weighted by atomic mass is 35.5. The van der Waals surface area contributed by atoms with Crippen molar-refractivity contribution in [2.75, 3.05) is 12.8 Å². The number of benzene rings is 1. The van der Waals surface area contributed by atoms with Crippen molar-refractivity contribution >= 4 is 35.0 Å². The summed E-state index contributed by atoms with van der Waals surface area (Å²) in [6.07, 6.45) is 2.17. The fourth-order valence-corrected chi connectivity index (χ4v) is 3.17. The second kappa shape index (κ2) is 5.19. The molecule has 0 aliphatic heterocycles. The van der Waals surface area contributed by atoms with Gasteiger partial charge in [-0.3, -0.25) is 4.79 Å². The number of hydrogen-bond donors (Lipinski definition) is 1. The van der Waals surface area contributed by atoms with Crippen molar-refractivity contribution in [2.24, 2.45) is 5.92 Å². The van der Waals surface area contributed by atoms with Gasteiger partial charge >= 0.3 is 5.97 Å². The molecule has 1 aliphatic rings. The van der Waals surface area contributed by atoms with Crippen molar-refractivity contribution in [3.8, 4) is 0 Å². The Kier molecular flexibility index (Phi) is 3.84. The number of esters is 1. The molecule has 2 rings (SSSR count). The van der Waals surface area contributed by atoms with Gasteiger partial charge in [-0.2, -0.15) is 0 Å². The molecule has 1 saturated carbocycles. The molecule has 1 aromatic rings. The maximum absolute atomic E-state index is 11.7. The second-order valence-electron chi connectivity index (χ2n) is 4.09. The summed E-state index contributed by atoms with van der Waals surface area (Å²) in [5.74, 6) is 0.242. The lowest BCUT2D eigenvalue weighted by molar-refractivity contribution is -0.140. The van der Waals surface area contributed by atoms with Gasteiger partial charge < -0.3 is 10.5 Å². The van der Waals surface area contributed by atoms with Gasteiger partial charge in [0.15, 0.2) is 0 Å². The number of anilines is 1. The van der Waals surface area contributed by atoms with E-state index in [1.165, 1.54) is 18.9 Å². The molecule has 2 N–H and O–H groups in total. The lowest BCUT2D eigenvalue weighted by Gasteiger charge is -2.14. The molecule has 1 aromatic carbocycles. The molecule has 0 heterocycles. The largest absolute Gasteiger partial charge is 0.468 e. The van der Waals surface area contributed by atoms with E-state index >= 15 is 0 Å². The van der Waals surface area contributed by atoms with Crippen LogP contribution in [0, 0.1) is 5.92 Å². The van der Waals surface area contributed by atoms with Gasteiger partial charge in [0.25, 0.3) is 0 Å². The minimum Gasteiger partial charge on any atom is -0.468 e. The van der Waals surface area contributed by atoms with Crippen molar-refractivity contribution in [3.05, 3.63) is 23.2 Å². The van der Waals surface area contributed by atoms with Crippen LogP contribution in [0.1, 0.15) is 12.8 Å². The van der Waals surface area contributed by atoms with Crippen LogP contribution in [0.15, 0.2) is 23.1 Å². The molecule has 92 valence electrons. The third-order valence-corrected chi connectivity index (χ3v) is 4.56. The van der Waals surface area contributed by atoms with Crippen LogP contribution in [0.5, 0.6) is 0 Å². The molecule has 0 radical (unpaired) electrons. The summed E-state index contributed by atoms with van der Waals surface area (Å²) < 4.78 is 4.82. The van der Waals surface area contributed by atoms with Crippen LogP contribution in [0.4, 0.5) is 5.69 Å². The van der Waals surface area contributed by atoms with E-state index in [0.29, 0.717) is 16.6 Å². The first-order valence-electron chi connectivity index (χ1n) is 5.41. The summed E-state index contributed by atoms with van der Waals surface area (Å²) in [6.45, 7) is 0. The summed E-state index contributed by atoms with van der Waals surface area (Å²) in [5.41, 5.74) is 6.26. The summed E-state index contributed by atoms with van der Waals surface area (Å²) in [7, 11) is 1.42. The molecule has 1 fully saturated rings. The van der Waals surface area contributed by atoms with E-state index in [-0.39, 0.29) is 11.2 Å². The van der Waals surface area contributed by atoms with Crippen LogP contribution in [0.3, 0.4) is 0 Å². The molecular weight excluding hydrogens is 258 g/mol. The van der Waals surface area contributed by atoms with E-state index < -0.39 is 0 Å². The highest BCUT2D eigenvalue weighted by Gasteiger charge is 2.38. The number of nitrogens with two attached hydrogens (primary N) is 1. The van der Waals surface area contributed by atoms with E-state index in [0.717, 1.165) is 17.7 Å². The fourth-order valence-electron chi connectivity index (χ4n) is 1.60. The summed E-state index contributed by atoms with van der Waals surface area (Å²) >= 11 is 7.56. The van der Waals surface area contributed by atoms with Gasteiger partial charge in [0.2, 0.25) is 0 Å². The Labute approximate surface area is 110 Å². The second-order valence-corrected chi connectivity index (χ2v) is 5.68. The van der Waals surface area contributed by atoms with Crippen molar-refractivity contribution in [3.63, 3.8) is 0 Å². The van der Waals surface area contributed by atoms with E-state index in [1.807, 2.05) is 6.07 Å². The minimum atomic E-state index is -0.176. The first-order chi connectivity index (χ1) is 8.11. The normalized spacial score (nSPS) is 16.6. The molecule has 1 atom stereocenters. The van der Waals surface area contributed by atoms with E-state index in [4.69, 9.17) is 22.1 Å². The van der Waals surface area contributed by atoms with Crippen molar-refractivity contribution in [1.29, 1.82) is 0 Å². The van der Waals surface area contributed by atoms with Gasteiger partial charge in [0.05, 0.1) is 12.1 Å². The SMILES string of the molecule is COC(=O)C(Sc1ccc(N)cc1Cl)C1CC1. The van der Waals surface area contributed by atoms with Gasteiger partial charge in [-0.25, -0.2) is 0 Å². The molecule has 0 bridgehead atoms. The molecule has 0 amide bonds. The number of carbonyl (C=O) groups excluding carboxylic acids is 1. The molecule has 1 unspecified atom stereocenters. The molecule has 0 aromatic heterocycles. The maximum Gasteiger partial charge on any atom is 0.319 e. The van der Waals surface area contributed by atoms with Crippen LogP contribution in [0.2, 0.25) is 5.02 Å². The third-order valence-electron chi connectivity index (χ3n) is 2.69. The molecule has 1 aliphatic carbocycles.